The van der Waals surface area contributed by atoms with Gasteiger partial charge in [0, 0.05) is 25.5 Å². The van der Waals surface area contributed by atoms with Gasteiger partial charge in [-0.2, -0.15) is 0 Å². The van der Waals surface area contributed by atoms with Gasteiger partial charge < -0.3 is 18.9 Å². The van der Waals surface area contributed by atoms with Gasteiger partial charge in [0.25, 0.3) is 0 Å². The van der Waals surface area contributed by atoms with Crippen LogP contribution in [0, 0.1) is 10.8 Å². The Kier molecular flexibility index (Phi) is 9.32. The predicted octanol–water partition coefficient (Wildman–Crippen LogP) is 0.904. The molecule has 2 aliphatic rings. The monoisotopic (exact) mass is 582 g/mol. The van der Waals surface area contributed by atoms with E-state index in [-0.39, 0.29) is 44.2 Å². The number of methoxy groups -OCH3 is 2. The van der Waals surface area contributed by atoms with Crippen LogP contribution in [0.4, 0.5) is 0 Å². The van der Waals surface area contributed by atoms with E-state index in [4.69, 9.17) is 18.9 Å². The van der Waals surface area contributed by atoms with Gasteiger partial charge in [-0.25, -0.2) is 0 Å². The Morgan fingerprint density at radius 2 is 1.24 bits per heavy atom. The van der Waals surface area contributed by atoms with Crippen molar-refractivity contribution in [2.45, 2.75) is 25.9 Å². The molecule has 0 aromatic carbocycles. The lowest BCUT2D eigenvalue weighted by Gasteiger charge is -2.60. The summed E-state index contributed by atoms with van der Waals surface area (Å²) in [6, 6.07) is 7.44. The van der Waals surface area contributed by atoms with Gasteiger partial charge in [0.05, 0.1) is 64.0 Å². The first-order valence-corrected chi connectivity index (χ1v) is 13.5. The van der Waals surface area contributed by atoms with Gasteiger partial charge in [-0.1, -0.05) is 12.1 Å². The molecule has 13 heteroatoms. The van der Waals surface area contributed by atoms with Gasteiger partial charge in [-0.3, -0.25) is 43.7 Å². The number of nitrogens with zero attached hydrogens (tertiary/aromatic N) is 4. The average Bonchev–Trinajstić information content (AvgIpc) is 2.99. The first-order chi connectivity index (χ1) is 20.2. The van der Waals surface area contributed by atoms with E-state index in [1.807, 2.05) is 0 Å². The van der Waals surface area contributed by atoms with Crippen molar-refractivity contribution in [3.05, 3.63) is 60.2 Å². The summed E-state index contributed by atoms with van der Waals surface area (Å²) in [7, 11) is 2.26. The molecule has 2 bridgehead atoms. The molecule has 0 amide bonds. The van der Waals surface area contributed by atoms with Crippen molar-refractivity contribution in [3.8, 4) is 0 Å². The zero-order valence-corrected chi connectivity index (χ0v) is 24.0. The maximum Gasteiger partial charge on any atom is 0.322 e. The van der Waals surface area contributed by atoms with E-state index in [1.54, 1.807) is 55.1 Å². The molecule has 2 aromatic heterocycles. The van der Waals surface area contributed by atoms with Crippen LogP contribution in [0.1, 0.15) is 37.3 Å². The highest BCUT2D eigenvalue weighted by molar-refractivity contribution is 6.17. The van der Waals surface area contributed by atoms with Crippen LogP contribution >= 0.6 is 0 Å². The molecule has 0 N–H and O–H groups in total. The number of ketones is 1. The number of carbonyl (C=O) groups is 5. The number of hydrogen-bond acceptors (Lipinski definition) is 13. The fourth-order valence-corrected chi connectivity index (χ4v) is 6.30. The maximum absolute atomic E-state index is 15.0. The molecule has 4 rings (SSSR count). The quantitative estimate of drug-likeness (QED) is 0.222. The molecular weight excluding hydrogens is 548 g/mol. The zero-order chi connectivity index (χ0) is 30.5. The number of aromatic nitrogens is 2. The summed E-state index contributed by atoms with van der Waals surface area (Å²) in [4.78, 5) is 80.8. The summed E-state index contributed by atoms with van der Waals surface area (Å²) in [6.07, 6.45) is 2.98. The number of rotatable bonds is 10. The molecule has 0 radical (unpaired) electrons. The molecule has 2 saturated heterocycles. The highest BCUT2D eigenvalue weighted by atomic mass is 16.5. The Hall–Kier alpha value is -4.23. The third-order valence-electron chi connectivity index (χ3n) is 7.66. The third kappa shape index (κ3) is 5.13. The normalized spacial score (nSPS) is 25.8. The second-order valence-corrected chi connectivity index (χ2v) is 10.00. The van der Waals surface area contributed by atoms with Crippen LogP contribution in [0.15, 0.2) is 48.8 Å². The Morgan fingerprint density at radius 3 is 1.62 bits per heavy atom. The first kappa shape index (κ1) is 30.7. The van der Waals surface area contributed by atoms with Crippen molar-refractivity contribution >= 4 is 29.7 Å². The van der Waals surface area contributed by atoms with Crippen molar-refractivity contribution in [2.75, 3.05) is 53.6 Å². The average molecular weight is 583 g/mol. The maximum atomic E-state index is 15.0. The Labute approximate surface area is 243 Å². The van der Waals surface area contributed by atoms with Gasteiger partial charge in [-0.05, 0) is 38.1 Å². The van der Waals surface area contributed by atoms with Gasteiger partial charge >= 0.3 is 23.9 Å². The standard InChI is InChI=1S/C29H34N4O9/c1-5-41-21(34)15-32-17-28(26(37)39-3)23(19-11-7-9-13-30-19)33(16-22(35)42-6-2)24(20-12-8-10-14-31-20)29(18-32,25(28)36)27(38)40-4/h7-14,23-24H,5-6,15-18H2,1-4H3/t23-,24-,28-,29+/m1/s1. The van der Waals surface area contributed by atoms with Gasteiger partial charge in [0.2, 0.25) is 0 Å². The fraction of sp³-hybridized carbons (Fsp3) is 0.483. The van der Waals surface area contributed by atoms with Crippen molar-refractivity contribution in [3.63, 3.8) is 0 Å². The lowest BCUT2D eigenvalue weighted by Crippen LogP contribution is -2.76. The molecule has 4 heterocycles. The molecule has 2 aromatic rings. The van der Waals surface area contributed by atoms with Gasteiger partial charge in [0.1, 0.15) is 0 Å². The Balaban J connectivity index is 2.10. The molecular formula is C29H34N4O9. The van der Waals surface area contributed by atoms with E-state index in [0.717, 1.165) is 14.2 Å². The highest BCUT2D eigenvalue weighted by Gasteiger charge is 2.76. The molecule has 2 fully saturated rings. The number of pyridine rings is 2. The third-order valence-corrected chi connectivity index (χ3v) is 7.66. The van der Waals surface area contributed by atoms with Crippen LogP contribution in [0.5, 0.6) is 0 Å². The molecule has 42 heavy (non-hydrogen) atoms. The minimum atomic E-state index is -2.13. The summed E-state index contributed by atoms with van der Waals surface area (Å²) in [5.74, 6) is -3.97. The minimum absolute atomic E-state index is 0.0751. The largest absolute Gasteiger partial charge is 0.468 e. The van der Waals surface area contributed by atoms with Crippen LogP contribution in [0.25, 0.3) is 0 Å². The van der Waals surface area contributed by atoms with Gasteiger partial charge in [-0.15, -0.1) is 0 Å². The van der Waals surface area contributed by atoms with E-state index in [2.05, 4.69) is 9.97 Å². The van der Waals surface area contributed by atoms with Crippen molar-refractivity contribution in [1.29, 1.82) is 0 Å². The summed E-state index contributed by atoms with van der Waals surface area (Å²) < 4.78 is 21.0. The number of piperidine rings is 2. The molecule has 4 atom stereocenters. The molecule has 0 unspecified atom stereocenters. The SMILES string of the molecule is CCOC(=O)CN1C[C@]2(C(=O)OC)C(=O)[C@](C(=O)OC)(C1)[C@@H](c1ccccn1)N(CC(=O)OCC)[C@@H]2c1ccccn1. The molecule has 13 nitrogen and oxygen atoms in total. The van der Waals surface area contributed by atoms with Crippen molar-refractivity contribution in [1.82, 2.24) is 19.8 Å². The van der Waals surface area contributed by atoms with Crippen molar-refractivity contribution < 1.29 is 42.9 Å². The van der Waals surface area contributed by atoms with E-state index in [9.17, 15) is 24.0 Å². The summed E-state index contributed by atoms with van der Waals surface area (Å²) in [6.45, 7) is 2.07. The fourth-order valence-electron chi connectivity index (χ4n) is 6.30. The number of esters is 4. The van der Waals surface area contributed by atoms with Crippen LogP contribution in [0.3, 0.4) is 0 Å². The summed E-state index contributed by atoms with van der Waals surface area (Å²) in [5.41, 5.74) is -3.73. The van der Waals surface area contributed by atoms with Gasteiger partial charge in [0.15, 0.2) is 16.6 Å². The smallest absolute Gasteiger partial charge is 0.322 e. The van der Waals surface area contributed by atoms with Crippen LogP contribution in [-0.4, -0.2) is 103 Å². The highest BCUT2D eigenvalue weighted by Crippen LogP contribution is 2.60. The van der Waals surface area contributed by atoms with Crippen LogP contribution in [-0.2, 0) is 42.9 Å². The van der Waals surface area contributed by atoms with E-state index >= 15 is 0 Å². The van der Waals surface area contributed by atoms with E-state index in [0.29, 0.717) is 0 Å². The zero-order valence-electron chi connectivity index (χ0n) is 24.0. The van der Waals surface area contributed by atoms with E-state index in [1.165, 1.54) is 17.3 Å². The van der Waals surface area contributed by atoms with Crippen molar-refractivity contribution in [2.24, 2.45) is 10.8 Å². The number of Topliss-reactive ketones (excluding diaryl/α,β-unsaturated/α-hetero) is 1. The Bertz CT molecular complexity index is 1250. The van der Waals surface area contributed by atoms with Crippen LogP contribution < -0.4 is 0 Å². The first-order valence-electron chi connectivity index (χ1n) is 13.5. The Morgan fingerprint density at radius 1 is 0.786 bits per heavy atom. The number of fused-ring (bicyclic) bond motifs is 2. The second kappa shape index (κ2) is 12.7. The molecule has 224 valence electrons. The molecule has 0 spiro atoms. The summed E-state index contributed by atoms with van der Waals surface area (Å²) >= 11 is 0. The second-order valence-electron chi connectivity index (χ2n) is 10.00. The molecule has 0 aliphatic carbocycles. The number of likely N-dealkylation sites (tertiary alicyclic amines) is 2. The number of hydrogen-bond donors (Lipinski definition) is 0. The molecule has 2 aliphatic heterocycles. The number of ether oxygens (including phenoxy) is 4. The predicted molar refractivity (Wildman–Crippen MR) is 144 cm³/mol. The molecule has 0 saturated carbocycles. The van der Waals surface area contributed by atoms with E-state index < -0.39 is 59.1 Å². The lowest BCUT2D eigenvalue weighted by molar-refractivity contribution is -0.208. The van der Waals surface area contributed by atoms with Crippen LogP contribution in [0.2, 0.25) is 0 Å². The summed E-state index contributed by atoms with van der Waals surface area (Å²) in [5, 5.41) is 0. The number of carbonyl (C=O) groups excluding carboxylic acids is 5. The minimum Gasteiger partial charge on any atom is -0.468 e. The lowest BCUT2D eigenvalue weighted by atomic mass is 9.54. The topological polar surface area (TPSA) is 155 Å².